The Morgan fingerprint density at radius 3 is 2.84 bits per heavy atom. The van der Waals surface area contributed by atoms with Gasteiger partial charge in [0.15, 0.2) is 0 Å². The van der Waals surface area contributed by atoms with Crippen LogP contribution in [0.4, 0.5) is 0 Å². The molecule has 2 rings (SSSR count). The Labute approximate surface area is 112 Å². The van der Waals surface area contributed by atoms with Crippen LogP contribution in [0.15, 0.2) is 22.8 Å². The summed E-state index contributed by atoms with van der Waals surface area (Å²) in [5.74, 6) is 0.632. The Balaban J connectivity index is 1.82. The van der Waals surface area contributed by atoms with Gasteiger partial charge in [0.05, 0.1) is 18.8 Å². The van der Waals surface area contributed by atoms with Crippen molar-refractivity contribution in [3.63, 3.8) is 0 Å². The van der Waals surface area contributed by atoms with E-state index in [0.29, 0.717) is 0 Å². The Bertz CT molecular complexity index is 464. The van der Waals surface area contributed by atoms with Crippen molar-refractivity contribution in [3.05, 3.63) is 24.2 Å². The van der Waals surface area contributed by atoms with Gasteiger partial charge in [-0.15, -0.1) is 0 Å². The van der Waals surface area contributed by atoms with Crippen LogP contribution in [-0.4, -0.2) is 25.5 Å². The van der Waals surface area contributed by atoms with E-state index in [1.54, 1.807) is 20.1 Å². The number of methoxy groups -OCH3 is 1. The summed E-state index contributed by atoms with van der Waals surface area (Å²) >= 11 is 0. The van der Waals surface area contributed by atoms with Crippen molar-refractivity contribution in [2.75, 3.05) is 13.7 Å². The highest BCUT2D eigenvalue weighted by atomic mass is 16.5. The van der Waals surface area contributed by atoms with Crippen LogP contribution in [0.25, 0.3) is 0 Å². The highest BCUT2D eigenvalue weighted by Crippen LogP contribution is 2.47. The molecule has 5 heteroatoms. The molecule has 0 aliphatic heterocycles. The summed E-state index contributed by atoms with van der Waals surface area (Å²) in [6, 6.07) is 3.71. The molecule has 1 aliphatic rings. The lowest BCUT2D eigenvalue weighted by molar-refractivity contribution is -0.150. The van der Waals surface area contributed by atoms with E-state index >= 15 is 0 Å². The molecule has 0 spiro atoms. The third-order valence-electron chi connectivity index (χ3n) is 3.48. The largest absolute Gasteiger partial charge is 0.469 e. The Morgan fingerprint density at radius 2 is 2.26 bits per heavy atom. The van der Waals surface area contributed by atoms with Gasteiger partial charge in [-0.1, -0.05) is 0 Å². The van der Waals surface area contributed by atoms with Crippen LogP contribution in [0.1, 0.15) is 31.9 Å². The molecule has 1 aromatic heterocycles. The fraction of sp³-hybridized carbons (Fsp3) is 0.571. The van der Waals surface area contributed by atoms with E-state index < -0.39 is 5.41 Å². The number of hydrogen-bond acceptors (Lipinski definition) is 4. The molecule has 5 nitrogen and oxygen atoms in total. The minimum Gasteiger partial charge on any atom is -0.469 e. The number of esters is 1. The van der Waals surface area contributed by atoms with E-state index in [-0.39, 0.29) is 30.3 Å². The minimum atomic E-state index is -0.709. The predicted molar refractivity (Wildman–Crippen MR) is 68.4 cm³/mol. The Kier molecular flexibility index (Phi) is 3.64. The second-order valence-corrected chi connectivity index (χ2v) is 5.56. The molecule has 104 valence electrons. The normalized spacial score (nSPS) is 21.8. The van der Waals surface area contributed by atoms with Crippen molar-refractivity contribution < 1.29 is 18.7 Å². The molecule has 1 N–H and O–H groups in total. The standard InChI is InChI=1S/C14H19NO4/c1-14(2,13(17)18-3)8-15-12(16)10-7-9(10)11-5-4-6-19-11/h4-6,9-10H,7-8H2,1-3H3,(H,15,16)/t9-,10+/m0/s1. The Hall–Kier alpha value is -1.78. The molecular weight excluding hydrogens is 246 g/mol. The monoisotopic (exact) mass is 265 g/mol. The maximum Gasteiger partial charge on any atom is 0.313 e. The highest BCUT2D eigenvalue weighted by Gasteiger charge is 2.46. The van der Waals surface area contributed by atoms with E-state index in [4.69, 9.17) is 9.15 Å². The summed E-state index contributed by atoms with van der Waals surface area (Å²) in [5, 5.41) is 2.81. The predicted octanol–water partition coefficient (Wildman–Crippen LogP) is 1.70. The van der Waals surface area contributed by atoms with Gasteiger partial charge in [0, 0.05) is 18.4 Å². The second kappa shape index (κ2) is 5.07. The van der Waals surface area contributed by atoms with Gasteiger partial charge < -0.3 is 14.5 Å². The smallest absolute Gasteiger partial charge is 0.313 e. The first-order chi connectivity index (χ1) is 8.95. The van der Waals surface area contributed by atoms with Crippen LogP contribution in [0.2, 0.25) is 0 Å². The molecule has 1 aromatic rings. The van der Waals surface area contributed by atoms with Gasteiger partial charge in [-0.2, -0.15) is 0 Å². The van der Waals surface area contributed by atoms with Crippen molar-refractivity contribution in [2.24, 2.45) is 11.3 Å². The van der Waals surface area contributed by atoms with Crippen molar-refractivity contribution in [1.29, 1.82) is 0 Å². The van der Waals surface area contributed by atoms with Crippen molar-refractivity contribution in [1.82, 2.24) is 5.32 Å². The van der Waals surface area contributed by atoms with Crippen LogP contribution in [-0.2, 0) is 14.3 Å². The summed E-state index contributed by atoms with van der Waals surface area (Å²) in [5.41, 5.74) is -0.709. The average molecular weight is 265 g/mol. The van der Waals surface area contributed by atoms with Gasteiger partial charge in [-0.05, 0) is 32.4 Å². The number of carbonyl (C=O) groups is 2. The summed E-state index contributed by atoms with van der Waals surface area (Å²) in [6.07, 6.45) is 2.42. The SMILES string of the molecule is COC(=O)C(C)(C)CNC(=O)[C@@H]1C[C@@H]1c1ccco1. The molecule has 2 atom stereocenters. The molecular formula is C14H19NO4. The van der Waals surface area contributed by atoms with Crippen molar-refractivity contribution >= 4 is 11.9 Å². The number of rotatable bonds is 5. The molecule has 1 aliphatic carbocycles. The zero-order valence-electron chi connectivity index (χ0n) is 11.4. The van der Waals surface area contributed by atoms with Gasteiger partial charge >= 0.3 is 5.97 Å². The third-order valence-corrected chi connectivity index (χ3v) is 3.48. The first kappa shape index (κ1) is 13.6. The number of amides is 1. The lowest BCUT2D eigenvalue weighted by Gasteiger charge is -2.21. The lowest BCUT2D eigenvalue weighted by atomic mass is 9.93. The van der Waals surface area contributed by atoms with Crippen LogP contribution >= 0.6 is 0 Å². The fourth-order valence-corrected chi connectivity index (χ4v) is 2.09. The molecule has 0 saturated heterocycles. The number of nitrogens with one attached hydrogen (secondary N) is 1. The van der Waals surface area contributed by atoms with Crippen molar-refractivity contribution in [3.8, 4) is 0 Å². The number of hydrogen-bond donors (Lipinski definition) is 1. The fourth-order valence-electron chi connectivity index (χ4n) is 2.09. The maximum absolute atomic E-state index is 12.0. The Morgan fingerprint density at radius 1 is 1.53 bits per heavy atom. The lowest BCUT2D eigenvalue weighted by Crippen LogP contribution is -2.40. The summed E-state index contributed by atoms with van der Waals surface area (Å²) in [6.45, 7) is 3.77. The second-order valence-electron chi connectivity index (χ2n) is 5.56. The van der Waals surface area contributed by atoms with Crippen molar-refractivity contribution in [2.45, 2.75) is 26.2 Å². The molecule has 1 heterocycles. The molecule has 19 heavy (non-hydrogen) atoms. The molecule has 1 saturated carbocycles. The summed E-state index contributed by atoms with van der Waals surface area (Å²) in [7, 11) is 1.35. The highest BCUT2D eigenvalue weighted by molar-refractivity contribution is 5.84. The van der Waals surface area contributed by atoms with Gasteiger partial charge in [0.2, 0.25) is 5.91 Å². The number of ether oxygens (including phenoxy) is 1. The third kappa shape index (κ3) is 2.97. The van der Waals surface area contributed by atoms with Crippen LogP contribution < -0.4 is 5.32 Å². The molecule has 0 aromatic carbocycles. The van der Waals surface area contributed by atoms with Crippen LogP contribution in [0.5, 0.6) is 0 Å². The van der Waals surface area contributed by atoms with Crippen LogP contribution in [0, 0.1) is 11.3 Å². The van der Waals surface area contributed by atoms with Gasteiger partial charge in [-0.3, -0.25) is 9.59 Å². The zero-order valence-corrected chi connectivity index (χ0v) is 11.4. The minimum absolute atomic E-state index is 0.0293. The van der Waals surface area contributed by atoms with E-state index in [0.717, 1.165) is 12.2 Å². The van der Waals surface area contributed by atoms with Gasteiger partial charge in [0.25, 0.3) is 0 Å². The summed E-state index contributed by atoms with van der Waals surface area (Å²) in [4.78, 5) is 23.5. The van der Waals surface area contributed by atoms with E-state index in [2.05, 4.69) is 5.32 Å². The van der Waals surface area contributed by atoms with E-state index in [1.165, 1.54) is 7.11 Å². The molecule has 1 fully saturated rings. The number of carbonyl (C=O) groups excluding carboxylic acids is 2. The number of furan rings is 1. The molecule has 0 unspecified atom stereocenters. The topological polar surface area (TPSA) is 68.5 Å². The van der Waals surface area contributed by atoms with Gasteiger partial charge in [0.1, 0.15) is 5.76 Å². The van der Waals surface area contributed by atoms with Crippen LogP contribution in [0.3, 0.4) is 0 Å². The molecule has 0 bridgehead atoms. The van der Waals surface area contributed by atoms with E-state index in [1.807, 2.05) is 12.1 Å². The quantitative estimate of drug-likeness (QED) is 0.823. The zero-order chi connectivity index (χ0) is 14.0. The molecule has 1 amide bonds. The average Bonchev–Trinajstić information content (AvgIpc) is 3.01. The first-order valence-electron chi connectivity index (χ1n) is 6.35. The van der Waals surface area contributed by atoms with Gasteiger partial charge in [-0.25, -0.2) is 0 Å². The van der Waals surface area contributed by atoms with E-state index in [9.17, 15) is 9.59 Å². The maximum atomic E-state index is 12.0. The first-order valence-corrected chi connectivity index (χ1v) is 6.35. The molecule has 0 radical (unpaired) electrons. The summed E-state index contributed by atoms with van der Waals surface area (Å²) < 4.78 is 9.98.